The van der Waals surface area contributed by atoms with Gasteiger partial charge in [0.2, 0.25) is 0 Å². The van der Waals surface area contributed by atoms with Crippen LogP contribution in [-0.2, 0) is 9.31 Å². The van der Waals surface area contributed by atoms with E-state index in [9.17, 15) is 0 Å². The maximum absolute atomic E-state index is 6.19. The van der Waals surface area contributed by atoms with Crippen molar-refractivity contribution >= 4 is 29.4 Å². The van der Waals surface area contributed by atoms with Crippen LogP contribution in [0.15, 0.2) is 24.4 Å². The summed E-state index contributed by atoms with van der Waals surface area (Å²) in [5.74, 6) is 0.749. The Morgan fingerprint density at radius 2 is 1.67 bits per heavy atom. The van der Waals surface area contributed by atoms with Crippen molar-refractivity contribution < 1.29 is 9.31 Å². The number of hydrogen-bond acceptors (Lipinski definition) is 5. The first-order valence-electron chi connectivity index (χ1n) is 8.38. The smallest absolute Gasteiger partial charge is 0.399 e. The van der Waals surface area contributed by atoms with E-state index in [1.165, 1.54) is 0 Å². The average molecular weight is 327 g/mol. The number of hydrogen-bond donors (Lipinski definition) is 1. The molecule has 0 bridgehead atoms. The second-order valence-corrected chi connectivity index (χ2v) is 8.43. The van der Waals surface area contributed by atoms with Crippen LogP contribution in [0.5, 0.6) is 0 Å². The van der Waals surface area contributed by atoms with Gasteiger partial charge in [-0.2, -0.15) is 0 Å². The first-order valence-corrected chi connectivity index (χ1v) is 8.38. The third-order valence-corrected chi connectivity index (χ3v) is 4.61. The zero-order valence-electron chi connectivity index (χ0n) is 15.6. The highest BCUT2D eigenvalue weighted by atomic mass is 16.7. The van der Waals surface area contributed by atoms with Gasteiger partial charge >= 0.3 is 7.12 Å². The highest BCUT2D eigenvalue weighted by Gasteiger charge is 2.52. The van der Waals surface area contributed by atoms with E-state index in [4.69, 9.17) is 14.3 Å². The maximum Gasteiger partial charge on any atom is 0.497 e. The molecule has 1 aliphatic rings. The molecule has 0 spiro atoms. The predicted molar refractivity (Wildman–Crippen MR) is 98.6 cm³/mol. The summed E-state index contributed by atoms with van der Waals surface area (Å²) in [5.41, 5.74) is 1.72. The summed E-state index contributed by atoms with van der Waals surface area (Å²) in [7, 11) is -0.446. The van der Waals surface area contributed by atoms with Crippen molar-refractivity contribution in [2.75, 3.05) is 5.32 Å². The number of rotatable bonds is 2. The predicted octanol–water partition coefficient (Wildman–Crippen LogP) is 3.14. The van der Waals surface area contributed by atoms with Crippen LogP contribution in [0.4, 0.5) is 5.82 Å². The van der Waals surface area contributed by atoms with Gasteiger partial charge in [-0.1, -0.05) is 12.1 Å². The third kappa shape index (κ3) is 3.13. The monoisotopic (exact) mass is 327 g/mol. The molecule has 1 N–H and O–H groups in total. The molecule has 0 atom stereocenters. The minimum Gasteiger partial charge on any atom is -0.399 e. The van der Waals surface area contributed by atoms with Crippen molar-refractivity contribution in [2.24, 2.45) is 0 Å². The van der Waals surface area contributed by atoms with Gasteiger partial charge < -0.3 is 14.6 Å². The summed E-state index contributed by atoms with van der Waals surface area (Å²) >= 11 is 0. The summed E-state index contributed by atoms with van der Waals surface area (Å²) < 4.78 is 12.4. The molecular formula is C18H26BN3O2. The van der Waals surface area contributed by atoms with Crippen LogP contribution in [0.2, 0.25) is 0 Å². The molecule has 24 heavy (non-hydrogen) atoms. The van der Waals surface area contributed by atoms with Crippen LogP contribution < -0.4 is 10.8 Å². The van der Waals surface area contributed by atoms with Crippen LogP contribution in [-0.4, -0.2) is 33.8 Å². The lowest BCUT2D eigenvalue weighted by atomic mass is 9.78. The van der Waals surface area contributed by atoms with E-state index in [2.05, 4.69) is 58.8 Å². The molecule has 0 unspecified atom stereocenters. The lowest BCUT2D eigenvalue weighted by molar-refractivity contribution is 0.00578. The molecule has 1 aromatic carbocycles. The summed E-state index contributed by atoms with van der Waals surface area (Å²) in [4.78, 5) is 9.30. The van der Waals surface area contributed by atoms with Crippen LogP contribution in [0, 0.1) is 0 Å². The Labute approximate surface area is 144 Å². The van der Waals surface area contributed by atoms with Crippen LogP contribution >= 0.6 is 0 Å². The molecule has 5 nitrogen and oxygen atoms in total. The van der Waals surface area contributed by atoms with Gasteiger partial charge in [-0.15, -0.1) is 0 Å². The van der Waals surface area contributed by atoms with E-state index in [0.717, 1.165) is 22.3 Å². The zero-order valence-corrected chi connectivity index (χ0v) is 15.6. The van der Waals surface area contributed by atoms with Crippen LogP contribution in [0.1, 0.15) is 48.5 Å². The molecule has 0 saturated carbocycles. The number of anilines is 1. The number of fused-ring (bicyclic) bond motifs is 1. The number of aromatic nitrogens is 2. The highest BCUT2D eigenvalue weighted by Crippen LogP contribution is 2.36. The molecule has 3 rings (SSSR count). The van der Waals surface area contributed by atoms with E-state index in [0.29, 0.717) is 0 Å². The molecule has 1 fully saturated rings. The lowest BCUT2D eigenvalue weighted by Crippen LogP contribution is -2.41. The van der Waals surface area contributed by atoms with E-state index in [-0.39, 0.29) is 16.7 Å². The Balaban J connectivity index is 2.04. The minimum atomic E-state index is -0.446. The first-order chi connectivity index (χ1) is 11.0. The van der Waals surface area contributed by atoms with Gasteiger partial charge in [0.05, 0.1) is 28.4 Å². The lowest BCUT2D eigenvalue weighted by Gasteiger charge is -2.32. The topological polar surface area (TPSA) is 56.3 Å². The third-order valence-electron chi connectivity index (χ3n) is 4.61. The van der Waals surface area contributed by atoms with Gasteiger partial charge in [0.15, 0.2) is 0 Å². The quantitative estimate of drug-likeness (QED) is 0.859. The van der Waals surface area contributed by atoms with Gasteiger partial charge in [0, 0.05) is 11.0 Å². The molecule has 1 aliphatic heterocycles. The fraction of sp³-hybridized carbons (Fsp3) is 0.556. The van der Waals surface area contributed by atoms with Crippen molar-refractivity contribution in [3.05, 3.63) is 24.4 Å². The molecule has 1 saturated heterocycles. The molecule has 0 radical (unpaired) electrons. The standard InChI is InChI=1S/C18H26BN3O2/c1-16(2,3)22-14-11-20-13-10-8-9-12(15(13)21-14)19-23-17(4,5)18(6,7)24-19/h8-11H,1-7H3,(H,21,22). The van der Waals surface area contributed by atoms with Gasteiger partial charge in [-0.05, 0) is 54.5 Å². The summed E-state index contributed by atoms with van der Waals surface area (Å²) in [6.07, 6.45) is 1.77. The Morgan fingerprint density at radius 3 is 2.25 bits per heavy atom. The second kappa shape index (κ2) is 5.43. The number of nitrogens with one attached hydrogen (secondary N) is 1. The van der Waals surface area contributed by atoms with E-state index in [1.807, 2.05) is 18.2 Å². The SMILES string of the molecule is CC(C)(C)Nc1cnc2cccc(B3OC(C)(C)C(C)(C)O3)c2n1. The van der Waals surface area contributed by atoms with Gasteiger partial charge in [0.1, 0.15) is 5.82 Å². The largest absolute Gasteiger partial charge is 0.497 e. The fourth-order valence-corrected chi connectivity index (χ4v) is 2.66. The Bertz CT molecular complexity index is 752. The van der Waals surface area contributed by atoms with Crippen molar-refractivity contribution in [3.63, 3.8) is 0 Å². The number of para-hydroxylation sites is 1. The summed E-state index contributed by atoms with van der Waals surface area (Å²) in [6.45, 7) is 14.5. The summed E-state index contributed by atoms with van der Waals surface area (Å²) in [6, 6.07) is 5.92. The number of nitrogens with zero attached hydrogens (tertiary/aromatic N) is 2. The molecule has 2 heterocycles. The second-order valence-electron chi connectivity index (χ2n) is 8.43. The Kier molecular flexibility index (Phi) is 3.88. The zero-order chi connectivity index (χ0) is 17.8. The van der Waals surface area contributed by atoms with Gasteiger partial charge in [-0.3, -0.25) is 4.98 Å². The van der Waals surface area contributed by atoms with E-state index >= 15 is 0 Å². The number of benzene rings is 1. The molecule has 128 valence electrons. The Morgan fingerprint density at radius 1 is 1.04 bits per heavy atom. The molecule has 0 amide bonds. The van der Waals surface area contributed by atoms with Crippen molar-refractivity contribution in [3.8, 4) is 0 Å². The average Bonchev–Trinajstić information content (AvgIpc) is 2.65. The molecule has 0 aliphatic carbocycles. The molecule has 1 aromatic heterocycles. The van der Waals surface area contributed by atoms with Gasteiger partial charge in [-0.25, -0.2) is 4.98 Å². The van der Waals surface area contributed by atoms with E-state index < -0.39 is 7.12 Å². The molecule has 2 aromatic rings. The maximum atomic E-state index is 6.19. The highest BCUT2D eigenvalue weighted by molar-refractivity contribution is 6.64. The van der Waals surface area contributed by atoms with Crippen LogP contribution in [0.25, 0.3) is 11.0 Å². The summed E-state index contributed by atoms with van der Waals surface area (Å²) in [5, 5.41) is 3.37. The Hall–Kier alpha value is -1.66. The van der Waals surface area contributed by atoms with Crippen LogP contribution in [0.3, 0.4) is 0 Å². The van der Waals surface area contributed by atoms with Crippen molar-refractivity contribution in [1.29, 1.82) is 0 Å². The first kappa shape index (κ1) is 17.2. The fourth-order valence-electron chi connectivity index (χ4n) is 2.66. The van der Waals surface area contributed by atoms with Crippen molar-refractivity contribution in [2.45, 2.75) is 65.2 Å². The normalized spacial score (nSPS) is 19.7. The molecule has 6 heteroatoms. The van der Waals surface area contributed by atoms with Crippen molar-refractivity contribution in [1.82, 2.24) is 9.97 Å². The van der Waals surface area contributed by atoms with Gasteiger partial charge in [0.25, 0.3) is 0 Å². The minimum absolute atomic E-state index is 0.0817. The molecular weight excluding hydrogens is 301 g/mol. The van der Waals surface area contributed by atoms with E-state index in [1.54, 1.807) is 6.20 Å².